The first kappa shape index (κ1) is 14.8. The molecule has 0 saturated heterocycles. The fourth-order valence-electron chi connectivity index (χ4n) is 1.76. The molecule has 0 saturated carbocycles. The van der Waals surface area contributed by atoms with Crippen LogP contribution in [0.25, 0.3) is 0 Å². The van der Waals surface area contributed by atoms with Crippen LogP contribution >= 0.6 is 11.6 Å². The van der Waals surface area contributed by atoms with Gasteiger partial charge in [-0.2, -0.15) is 13.5 Å². The molecular formula is C12H15ClN4O2S. The molecule has 1 heterocycles. The van der Waals surface area contributed by atoms with E-state index in [0.29, 0.717) is 22.8 Å². The van der Waals surface area contributed by atoms with Crippen molar-refractivity contribution < 1.29 is 8.42 Å². The van der Waals surface area contributed by atoms with Gasteiger partial charge in [-0.05, 0) is 31.7 Å². The lowest BCUT2D eigenvalue weighted by Gasteiger charge is -2.10. The SMILES string of the molecule is CNCc1cn[nH]c1S(=O)(=O)Nc1cc(C)ccc1Cl. The van der Waals surface area contributed by atoms with Gasteiger partial charge in [-0.15, -0.1) is 0 Å². The zero-order valence-electron chi connectivity index (χ0n) is 11.1. The summed E-state index contributed by atoms with van der Waals surface area (Å²) >= 11 is 6.00. The summed E-state index contributed by atoms with van der Waals surface area (Å²) in [5.74, 6) is 0. The van der Waals surface area contributed by atoms with Crippen molar-refractivity contribution in [3.8, 4) is 0 Å². The molecule has 1 aromatic heterocycles. The number of H-pyrrole nitrogens is 1. The fourth-order valence-corrected chi connectivity index (χ4v) is 3.19. The van der Waals surface area contributed by atoms with Crippen LogP contribution in [0.1, 0.15) is 11.1 Å². The number of nitrogens with one attached hydrogen (secondary N) is 3. The van der Waals surface area contributed by atoms with Crippen molar-refractivity contribution in [3.05, 3.63) is 40.5 Å². The lowest BCUT2D eigenvalue weighted by atomic mass is 10.2. The lowest BCUT2D eigenvalue weighted by molar-refractivity contribution is 0.595. The third-order valence-corrected chi connectivity index (χ3v) is 4.39. The lowest BCUT2D eigenvalue weighted by Crippen LogP contribution is -2.17. The van der Waals surface area contributed by atoms with E-state index >= 15 is 0 Å². The highest BCUT2D eigenvalue weighted by Crippen LogP contribution is 2.25. The number of benzene rings is 1. The summed E-state index contributed by atoms with van der Waals surface area (Å²) < 4.78 is 27.2. The van der Waals surface area contributed by atoms with Crippen molar-refractivity contribution in [2.75, 3.05) is 11.8 Å². The van der Waals surface area contributed by atoms with Crippen molar-refractivity contribution in [1.29, 1.82) is 0 Å². The molecule has 0 aliphatic rings. The predicted molar refractivity (Wildman–Crippen MR) is 78.3 cm³/mol. The van der Waals surface area contributed by atoms with E-state index in [4.69, 9.17) is 11.6 Å². The summed E-state index contributed by atoms with van der Waals surface area (Å²) in [6, 6.07) is 5.13. The molecule has 108 valence electrons. The number of rotatable bonds is 5. The van der Waals surface area contributed by atoms with Gasteiger partial charge >= 0.3 is 0 Å². The van der Waals surface area contributed by atoms with Gasteiger partial charge in [0, 0.05) is 12.1 Å². The Kier molecular flexibility index (Phi) is 4.32. The molecule has 8 heteroatoms. The molecule has 0 amide bonds. The first-order chi connectivity index (χ1) is 9.44. The number of hydrogen-bond acceptors (Lipinski definition) is 4. The van der Waals surface area contributed by atoms with Gasteiger partial charge in [0.25, 0.3) is 10.0 Å². The summed E-state index contributed by atoms with van der Waals surface area (Å²) in [6.07, 6.45) is 1.48. The zero-order chi connectivity index (χ0) is 14.8. The molecule has 0 spiro atoms. The summed E-state index contributed by atoms with van der Waals surface area (Å²) in [5.41, 5.74) is 1.81. The van der Waals surface area contributed by atoms with Crippen molar-refractivity contribution in [2.24, 2.45) is 0 Å². The summed E-state index contributed by atoms with van der Waals surface area (Å²) in [5, 5.41) is 9.54. The number of nitrogens with zero attached hydrogens (tertiary/aromatic N) is 1. The van der Waals surface area contributed by atoms with Gasteiger partial charge in [0.2, 0.25) is 0 Å². The third-order valence-electron chi connectivity index (χ3n) is 2.68. The first-order valence-electron chi connectivity index (χ1n) is 5.90. The summed E-state index contributed by atoms with van der Waals surface area (Å²) in [6.45, 7) is 2.26. The highest BCUT2D eigenvalue weighted by molar-refractivity contribution is 7.92. The quantitative estimate of drug-likeness (QED) is 0.786. The molecule has 0 aliphatic heterocycles. The minimum absolute atomic E-state index is 0.0319. The Morgan fingerprint density at radius 2 is 2.15 bits per heavy atom. The van der Waals surface area contributed by atoms with Crippen LogP contribution in [0.4, 0.5) is 5.69 Å². The predicted octanol–water partition coefficient (Wildman–Crippen LogP) is 1.89. The second-order valence-electron chi connectivity index (χ2n) is 4.34. The summed E-state index contributed by atoms with van der Waals surface area (Å²) in [7, 11) is -2.02. The number of aromatic amines is 1. The van der Waals surface area contributed by atoms with Gasteiger partial charge in [0.1, 0.15) is 0 Å². The Balaban J connectivity index is 2.36. The van der Waals surface area contributed by atoms with Crippen LogP contribution in [-0.2, 0) is 16.6 Å². The molecule has 0 radical (unpaired) electrons. The normalized spacial score (nSPS) is 11.6. The van der Waals surface area contributed by atoms with Crippen molar-refractivity contribution in [3.63, 3.8) is 0 Å². The van der Waals surface area contributed by atoms with Gasteiger partial charge in [-0.3, -0.25) is 9.82 Å². The number of aryl methyl sites for hydroxylation is 1. The number of aromatic nitrogens is 2. The monoisotopic (exact) mass is 314 g/mol. The molecular weight excluding hydrogens is 300 g/mol. The van der Waals surface area contributed by atoms with Crippen LogP contribution in [0, 0.1) is 6.92 Å². The number of sulfonamides is 1. The average molecular weight is 315 g/mol. The van der Waals surface area contributed by atoms with Crippen molar-refractivity contribution in [2.45, 2.75) is 18.5 Å². The molecule has 0 atom stereocenters. The van der Waals surface area contributed by atoms with E-state index in [1.165, 1.54) is 6.20 Å². The molecule has 0 unspecified atom stereocenters. The number of hydrogen-bond donors (Lipinski definition) is 3. The largest absolute Gasteiger partial charge is 0.316 e. The van der Waals surface area contributed by atoms with E-state index in [1.807, 2.05) is 13.0 Å². The standard InChI is InChI=1S/C12H15ClN4O2S/c1-8-3-4-10(13)11(5-8)17-20(18,19)12-9(6-14-2)7-15-16-12/h3-5,7,14,17H,6H2,1-2H3,(H,15,16). The van der Waals surface area contributed by atoms with E-state index in [2.05, 4.69) is 20.2 Å². The molecule has 3 N–H and O–H groups in total. The molecule has 0 fully saturated rings. The Hall–Kier alpha value is -1.57. The summed E-state index contributed by atoms with van der Waals surface area (Å²) in [4.78, 5) is 0. The van der Waals surface area contributed by atoms with E-state index in [9.17, 15) is 8.42 Å². The third kappa shape index (κ3) is 3.12. The molecule has 20 heavy (non-hydrogen) atoms. The minimum atomic E-state index is -3.75. The van der Waals surface area contributed by atoms with Gasteiger partial charge in [0.15, 0.2) is 5.03 Å². The maximum atomic E-state index is 12.4. The molecule has 6 nitrogen and oxygen atoms in total. The average Bonchev–Trinajstić information content (AvgIpc) is 2.83. The topological polar surface area (TPSA) is 86.9 Å². The van der Waals surface area contributed by atoms with Crippen LogP contribution in [0.2, 0.25) is 5.02 Å². The van der Waals surface area contributed by atoms with Crippen LogP contribution in [0.3, 0.4) is 0 Å². The molecule has 0 aliphatic carbocycles. The first-order valence-corrected chi connectivity index (χ1v) is 7.76. The van der Waals surface area contributed by atoms with E-state index in [1.54, 1.807) is 19.2 Å². The molecule has 2 aromatic rings. The van der Waals surface area contributed by atoms with Crippen molar-refractivity contribution in [1.82, 2.24) is 15.5 Å². The van der Waals surface area contributed by atoms with Crippen LogP contribution in [0.5, 0.6) is 0 Å². The number of anilines is 1. The van der Waals surface area contributed by atoms with Gasteiger partial charge < -0.3 is 5.32 Å². The maximum absolute atomic E-state index is 12.4. The van der Waals surface area contributed by atoms with Gasteiger partial charge in [-0.25, -0.2) is 0 Å². The van der Waals surface area contributed by atoms with Crippen molar-refractivity contribution >= 4 is 27.3 Å². The zero-order valence-corrected chi connectivity index (χ0v) is 12.6. The highest BCUT2D eigenvalue weighted by Gasteiger charge is 2.21. The fraction of sp³-hybridized carbons (Fsp3) is 0.250. The van der Waals surface area contributed by atoms with E-state index in [0.717, 1.165) is 5.56 Å². The van der Waals surface area contributed by atoms with E-state index < -0.39 is 10.0 Å². The molecule has 0 bridgehead atoms. The Labute approximate surface area is 122 Å². The second-order valence-corrected chi connectivity index (χ2v) is 6.37. The second kappa shape index (κ2) is 5.82. The van der Waals surface area contributed by atoms with Crippen LogP contribution in [0.15, 0.2) is 29.4 Å². The number of halogens is 1. The maximum Gasteiger partial charge on any atom is 0.279 e. The van der Waals surface area contributed by atoms with Gasteiger partial charge in [0.05, 0.1) is 16.9 Å². The Bertz CT molecular complexity index is 712. The molecule has 2 rings (SSSR count). The van der Waals surface area contributed by atoms with Crippen LogP contribution < -0.4 is 10.0 Å². The minimum Gasteiger partial charge on any atom is -0.316 e. The Morgan fingerprint density at radius 3 is 2.85 bits per heavy atom. The molecule has 1 aromatic carbocycles. The Morgan fingerprint density at radius 1 is 1.40 bits per heavy atom. The smallest absolute Gasteiger partial charge is 0.279 e. The van der Waals surface area contributed by atoms with Gasteiger partial charge in [-0.1, -0.05) is 17.7 Å². The highest BCUT2D eigenvalue weighted by atomic mass is 35.5. The van der Waals surface area contributed by atoms with Crippen LogP contribution in [-0.4, -0.2) is 25.7 Å². The van der Waals surface area contributed by atoms with E-state index in [-0.39, 0.29) is 5.03 Å².